The number of benzene rings is 1. The number of ether oxygens (including phenoxy) is 1. The van der Waals surface area contributed by atoms with Crippen LogP contribution in [-0.2, 0) is 9.53 Å². The van der Waals surface area contributed by atoms with Crippen LogP contribution in [-0.4, -0.2) is 42.5 Å². The van der Waals surface area contributed by atoms with Gasteiger partial charge >= 0.3 is 0 Å². The van der Waals surface area contributed by atoms with Crippen molar-refractivity contribution in [1.82, 2.24) is 4.90 Å². The van der Waals surface area contributed by atoms with E-state index in [4.69, 9.17) is 10.5 Å². The number of primary amides is 1. The van der Waals surface area contributed by atoms with Gasteiger partial charge in [-0.25, -0.2) is 8.78 Å². The highest BCUT2D eigenvalue weighted by atomic mass is 19.1. The molecule has 1 fully saturated rings. The number of nitrogens with zero attached hydrogens (tertiary/aromatic N) is 1. The molecule has 0 spiro atoms. The Kier molecular flexibility index (Phi) is 5.30. The molecule has 2 rings (SSSR count). The van der Waals surface area contributed by atoms with Gasteiger partial charge in [-0.15, -0.1) is 0 Å². The second-order valence-electron chi connectivity index (χ2n) is 5.84. The first-order valence-electron chi connectivity index (χ1n) is 7.44. The Morgan fingerprint density at radius 1 is 1.30 bits per heavy atom. The molecular formula is C16H20F2N2O3. The Balaban J connectivity index is 2.15. The molecule has 2 N–H and O–H groups in total. The van der Waals surface area contributed by atoms with Crippen LogP contribution < -0.4 is 5.73 Å². The minimum absolute atomic E-state index is 0.0377. The van der Waals surface area contributed by atoms with Crippen LogP contribution in [0.25, 0.3) is 0 Å². The minimum Gasteiger partial charge on any atom is -0.376 e. The lowest BCUT2D eigenvalue weighted by Gasteiger charge is -2.42. The molecule has 7 heteroatoms. The first-order chi connectivity index (χ1) is 10.8. The van der Waals surface area contributed by atoms with E-state index < -0.39 is 29.0 Å². The number of carbonyl (C=O) groups excluding carboxylic acids is 2. The summed E-state index contributed by atoms with van der Waals surface area (Å²) < 4.78 is 32.1. The Morgan fingerprint density at radius 2 is 1.96 bits per heavy atom. The number of nitrogens with two attached hydrogens (primary N) is 1. The number of hydrogen-bond donors (Lipinski definition) is 1. The van der Waals surface area contributed by atoms with E-state index in [9.17, 15) is 18.4 Å². The fourth-order valence-corrected chi connectivity index (χ4v) is 2.96. The van der Waals surface area contributed by atoms with Crippen molar-refractivity contribution in [3.8, 4) is 0 Å². The molecule has 23 heavy (non-hydrogen) atoms. The van der Waals surface area contributed by atoms with Crippen LogP contribution in [0.1, 0.15) is 36.0 Å². The van der Waals surface area contributed by atoms with Crippen molar-refractivity contribution in [2.24, 2.45) is 5.73 Å². The van der Waals surface area contributed by atoms with Gasteiger partial charge in [0.1, 0.15) is 11.6 Å². The first kappa shape index (κ1) is 17.3. The predicted octanol–water partition coefficient (Wildman–Crippen LogP) is 1.85. The van der Waals surface area contributed by atoms with Gasteiger partial charge in [-0.05, 0) is 31.4 Å². The van der Waals surface area contributed by atoms with Crippen LogP contribution in [0, 0.1) is 11.6 Å². The van der Waals surface area contributed by atoms with Crippen LogP contribution in [0.5, 0.6) is 0 Å². The Hall–Kier alpha value is -2.02. The maximum atomic E-state index is 13.3. The molecule has 1 aromatic carbocycles. The van der Waals surface area contributed by atoms with Gasteiger partial charge in [0.15, 0.2) is 0 Å². The molecule has 0 aromatic heterocycles. The van der Waals surface area contributed by atoms with Gasteiger partial charge in [0.05, 0.1) is 5.60 Å². The summed E-state index contributed by atoms with van der Waals surface area (Å²) in [6.07, 6.45) is 1.93. The zero-order chi connectivity index (χ0) is 17.0. The lowest BCUT2D eigenvalue weighted by atomic mass is 9.87. The Morgan fingerprint density at radius 3 is 2.52 bits per heavy atom. The number of piperidine rings is 1. The number of halogens is 2. The number of hydrogen-bond acceptors (Lipinski definition) is 3. The molecule has 1 heterocycles. The van der Waals surface area contributed by atoms with E-state index in [2.05, 4.69) is 0 Å². The third-order valence-electron chi connectivity index (χ3n) is 4.20. The van der Waals surface area contributed by atoms with Crippen molar-refractivity contribution < 1.29 is 23.1 Å². The van der Waals surface area contributed by atoms with Crippen molar-refractivity contribution >= 4 is 11.8 Å². The predicted molar refractivity (Wildman–Crippen MR) is 79.7 cm³/mol. The zero-order valence-electron chi connectivity index (χ0n) is 13.0. The number of rotatable bonds is 5. The first-order valence-corrected chi connectivity index (χ1v) is 7.44. The van der Waals surface area contributed by atoms with Gasteiger partial charge in [0.25, 0.3) is 5.91 Å². The van der Waals surface area contributed by atoms with E-state index in [0.29, 0.717) is 25.8 Å². The molecule has 0 saturated carbocycles. The molecule has 0 radical (unpaired) electrons. The molecule has 1 aromatic rings. The second-order valence-corrected chi connectivity index (χ2v) is 5.84. The number of amides is 2. The molecule has 5 nitrogen and oxygen atoms in total. The van der Waals surface area contributed by atoms with Crippen LogP contribution in [0.15, 0.2) is 18.2 Å². The average Bonchev–Trinajstić information content (AvgIpc) is 2.51. The lowest BCUT2D eigenvalue weighted by molar-refractivity contribution is -0.121. The van der Waals surface area contributed by atoms with Gasteiger partial charge in [-0.3, -0.25) is 9.59 Å². The SMILES string of the molecule is CO[C@]1(CCC(N)=O)CCCN(C(=O)c2cc(F)cc(F)c2)C1. The van der Waals surface area contributed by atoms with Crippen molar-refractivity contribution in [3.05, 3.63) is 35.4 Å². The van der Waals surface area contributed by atoms with Crippen molar-refractivity contribution in [2.45, 2.75) is 31.3 Å². The van der Waals surface area contributed by atoms with E-state index in [1.54, 1.807) is 0 Å². The van der Waals surface area contributed by atoms with Crippen LogP contribution in [0.2, 0.25) is 0 Å². The maximum absolute atomic E-state index is 13.3. The summed E-state index contributed by atoms with van der Waals surface area (Å²) in [5.74, 6) is -2.48. The molecule has 1 atom stereocenters. The number of likely N-dealkylation sites (tertiary alicyclic amines) is 1. The Bertz CT molecular complexity index is 589. The summed E-state index contributed by atoms with van der Waals surface area (Å²) in [6.45, 7) is 0.729. The van der Waals surface area contributed by atoms with E-state index in [1.165, 1.54) is 12.0 Å². The zero-order valence-corrected chi connectivity index (χ0v) is 13.0. The highest BCUT2D eigenvalue weighted by molar-refractivity contribution is 5.94. The maximum Gasteiger partial charge on any atom is 0.254 e. The molecule has 126 valence electrons. The minimum atomic E-state index is -0.794. The average molecular weight is 326 g/mol. The summed E-state index contributed by atoms with van der Waals surface area (Å²) in [6, 6.07) is 2.75. The largest absolute Gasteiger partial charge is 0.376 e. The Labute approximate surface area is 133 Å². The van der Waals surface area contributed by atoms with Crippen LogP contribution >= 0.6 is 0 Å². The third kappa shape index (κ3) is 4.25. The highest BCUT2D eigenvalue weighted by Crippen LogP contribution is 2.30. The fourth-order valence-electron chi connectivity index (χ4n) is 2.96. The van der Waals surface area contributed by atoms with Gasteiger partial charge < -0.3 is 15.4 Å². The summed E-state index contributed by atoms with van der Waals surface area (Å²) in [4.78, 5) is 25.0. The van der Waals surface area contributed by atoms with Crippen molar-refractivity contribution in [2.75, 3.05) is 20.2 Å². The standard InChI is InChI=1S/C16H20F2N2O3/c1-23-16(5-3-14(19)21)4-2-6-20(10-16)15(22)11-7-12(17)9-13(18)8-11/h7-9H,2-6,10H2,1H3,(H2,19,21)/t16-/m0/s1. The van der Waals surface area contributed by atoms with Crippen LogP contribution in [0.4, 0.5) is 8.78 Å². The molecular weight excluding hydrogens is 306 g/mol. The molecule has 0 aliphatic carbocycles. The molecule has 0 bridgehead atoms. The monoisotopic (exact) mass is 326 g/mol. The van der Waals surface area contributed by atoms with Gasteiger partial charge in [-0.2, -0.15) is 0 Å². The van der Waals surface area contributed by atoms with E-state index >= 15 is 0 Å². The summed E-state index contributed by atoms with van der Waals surface area (Å²) in [5, 5.41) is 0. The van der Waals surface area contributed by atoms with Gasteiger partial charge in [-0.1, -0.05) is 0 Å². The smallest absolute Gasteiger partial charge is 0.254 e. The molecule has 1 aliphatic rings. The quantitative estimate of drug-likeness (QED) is 0.897. The van der Waals surface area contributed by atoms with E-state index in [0.717, 1.165) is 18.2 Å². The lowest BCUT2D eigenvalue weighted by Crippen LogP contribution is -2.51. The fraction of sp³-hybridized carbons (Fsp3) is 0.500. The molecule has 1 saturated heterocycles. The van der Waals surface area contributed by atoms with Crippen molar-refractivity contribution in [3.63, 3.8) is 0 Å². The van der Waals surface area contributed by atoms with E-state index in [1.807, 2.05) is 0 Å². The summed E-state index contributed by atoms with van der Waals surface area (Å²) in [5.41, 5.74) is 4.49. The third-order valence-corrected chi connectivity index (χ3v) is 4.20. The number of methoxy groups -OCH3 is 1. The topological polar surface area (TPSA) is 72.6 Å². The number of carbonyl (C=O) groups is 2. The molecule has 0 unspecified atom stereocenters. The highest BCUT2D eigenvalue weighted by Gasteiger charge is 2.37. The summed E-state index contributed by atoms with van der Waals surface area (Å²) in [7, 11) is 1.52. The normalized spacial score (nSPS) is 21.3. The second kappa shape index (κ2) is 7.04. The van der Waals surface area contributed by atoms with Gasteiger partial charge in [0, 0.05) is 38.2 Å². The van der Waals surface area contributed by atoms with Crippen LogP contribution in [0.3, 0.4) is 0 Å². The summed E-state index contributed by atoms with van der Waals surface area (Å²) >= 11 is 0. The molecule has 2 amide bonds. The van der Waals surface area contributed by atoms with E-state index in [-0.39, 0.29) is 18.5 Å². The van der Waals surface area contributed by atoms with Crippen molar-refractivity contribution in [1.29, 1.82) is 0 Å². The van der Waals surface area contributed by atoms with Gasteiger partial charge in [0.2, 0.25) is 5.91 Å². The molecule has 1 aliphatic heterocycles.